The molecule has 0 aliphatic rings. The van der Waals surface area contributed by atoms with Crippen LogP contribution in [-0.2, 0) is 0 Å². The van der Waals surface area contributed by atoms with E-state index < -0.39 is 0 Å². The third kappa shape index (κ3) is 3.55. The minimum atomic E-state index is -0.215. The Balaban J connectivity index is 2.24. The van der Waals surface area contributed by atoms with Gasteiger partial charge in [-0.3, -0.25) is 4.98 Å². The summed E-state index contributed by atoms with van der Waals surface area (Å²) in [5.74, 6) is 0.833. The first-order valence-electron chi connectivity index (χ1n) is 6.60. The van der Waals surface area contributed by atoms with E-state index in [1.807, 2.05) is 49.4 Å². The zero-order valence-corrected chi connectivity index (χ0v) is 11.4. The van der Waals surface area contributed by atoms with Crippen molar-refractivity contribution >= 4 is 0 Å². The second-order valence-corrected chi connectivity index (χ2v) is 4.68. The molecule has 0 saturated heterocycles. The normalized spacial score (nSPS) is 13.8. The van der Waals surface area contributed by atoms with Crippen molar-refractivity contribution in [2.45, 2.75) is 32.4 Å². The van der Waals surface area contributed by atoms with Gasteiger partial charge in [-0.1, -0.05) is 25.1 Å². The first-order chi connectivity index (χ1) is 9.20. The molecule has 0 radical (unpaired) electrons. The topological polar surface area (TPSA) is 48.1 Å². The number of aryl methyl sites for hydroxylation is 1. The molecule has 19 heavy (non-hydrogen) atoms. The Morgan fingerprint density at radius 3 is 2.68 bits per heavy atom. The maximum absolute atomic E-state index is 6.17. The van der Waals surface area contributed by atoms with Gasteiger partial charge < -0.3 is 10.5 Å². The molecule has 1 heterocycles. The van der Waals surface area contributed by atoms with E-state index in [1.54, 1.807) is 6.20 Å². The maximum Gasteiger partial charge on any atom is 0.155 e. The molecule has 2 atom stereocenters. The lowest BCUT2D eigenvalue weighted by molar-refractivity contribution is 0.166. The van der Waals surface area contributed by atoms with Crippen LogP contribution in [0.4, 0.5) is 0 Å². The van der Waals surface area contributed by atoms with Gasteiger partial charge in [-0.2, -0.15) is 0 Å². The Labute approximate surface area is 114 Å². The third-order valence-electron chi connectivity index (χ3n) is 3.09. The van der Waals surface area contributed by atoms with Crippen molar-refractivity contribution in [1.82, 2.24) is 4.98 Å². The van der Waals surface area contributed by atoms with Gasteiger partial charge in [-0.05, 0) is 43.2 Å². The molecule has 0 aliphatic heterocycles. The number of nitrogens with zero attached hydrogens (tertiary/aromatic N) is 1. The van der Waals surface area contributed by atoms with Crippen molar-refractivity contribution in [1.29, 1.82) is 0 Å². The molecular weight excluding hydrogens is 236 g/mol. The highest BCUT2D eigenvalue weighted by Gasteiger charge is 2.21. The fourth-order valence-electron chi connectivity index (χ4n) is 1.96. The van der Waals surface area contributed by atoms with E-state index in [2.05, 4.69) is 11.9 Å². The average molecular weight is 256 g/mol. The molecule has 0 bridgehead atoms. The zero-order valence-electron chi connectivity index (χ0n) is 11.4. The molecule has 2 unspecified atom stereocenters. The van der Waals surface area contributed by atoms with Crippen molar-refractivity contribution in [3.63, 3.8) is 0 Å². The van der Waals surface area contributed by atoms with Gasteiger partial charge in [0.15, 0.2) is 6.10 Å². The lowest BCUT2D eigenvalue weighted by Crippen LogP contribution is -2.32. The lowest BCUT2D eigenvalue weighted by atomic mass is 10.1. The summed E-state index contributed by atoms with van der Waals surface area (Å²) >= 11 is 0. The van der Waals surface area contributed by atoms with E-state index in [1.165, 1.54) is 5.56 Å². The molecule has 3 heteroatoms. The molecular formula is C16H20N2O. The molecule has 0 spiro atoms. The van der Waals surface area contributed by atoms with Gasteiger partial charge in [0.05, 0.1) is 5.69 Å². The van der Waals surface area contributed by atoms with Gasteiger partial charge >= 0.3 is 0 Å². The van der Waals surface area contributed by atoms with E-state index >= 15 is 0 Å². The van der Waals surface area contributed by atoms with Crippen molar-refractivity contribution in [2.75, 3.05) is 0 Å². The summed E-state index contributed by atoms with van der Waals surface area (Å²) in [6, 6.07) is 13.7. The Hall–Kier alpha value is -1.87. The van der Waals surface area contributed by atoms with Gasteiger partial charge in [-0.15, -0.1) is 0 Å². The predicted octanol–water partition coefficient (Wildman–Crippen LogP) is 3.25. The Morgan fingerprint density at radius 2 is 2.05 bits per heavy atom. The van der Waals surface area contributed by atoms with Crippen LogP contribution in [-0.4, -0.2) is 11.0 Å². The highest BCUT2D eigenvalue weighted by Crippen LogP contribution is 2.24. The maximum atomic E-state index is 6.17. The highest BCUT2D eigenvalue weighted by atomic mass is 16.5. The minimum Gasteiger partial charge on any atom is -0.482 e. The number of pyridine rings is 1. The fraction of sp³-hybridized carbons (Fsp3) is 0.312. The standard InChI is InChI=1S/C16H20N2O/c1-3-14(17)16(15-9-4-5-10-18-15)19-13-8-6-7-12(2)11-13/h4-11,14,16H,3,17H2,1-2H3. The van der Waals surface area contributed by atoms with E-state index in [0.29, 0.717) is 0 Å². The van der Waals surface area contributed by atoms with Crippen LogP contribution in [0.5, 0.6) is 5.75 Å². The van der Waals surface area contributed by atoms with E-state index in [0.717, 1.165) is 17.9 Å². The molecule has 100 valence electrons. The van der Waals surface area contributed by atoms with Crippen LogP contribution < -0.4 is 10.5 Å². The molecule has 1 aromatic carbocycles. The second-order valence-electron chi connectivity index (χ2n) is 4.68. The van der Waals surface area contributed by atoms with Crippen LogP contribution in [0.3, 0.4) is 0 Å². The summed E-state index contributed by atoms with van der Waals surface area (Å²) in [5.41, 5.74) is 8.21. The summed E-state index contributed by atoms with van der Waals surface area (Å²) in [7, 11) is 0. The van der Waals surface area contributed by atoms with Crippen molar-refractivity contribution in [2.24, 2.45) is 5.73 Å². The molecule has 2 N–H and O–H groups in total. The van der Waals surface area contributed by atoms with Crippen molar-refractivity contribution in [3.8, 4) is 5.75 Å². The third-order valence-corrected chi connectivity index (χ3v) is 3.09. The first kappa shape index (κ1) is 13.6. The first-order valence-corrected chi connectivity index (χ1v) is 6.60. The molecule has 3 nitrogen and oxygen atoms in total. The number of aromatic nitrogens is 1. The number of rotatable bonds is 5. The van der Waals surface area contributed by atoms with Gasteiger partial charge in [0.25, 0.3) is 0 Å². The van der Waals surface area contributed by atoms with E-state index in [9.17, 15) is 0 Å². The average Bonchev–Trinajstić information content (AvgIpc) is 2.45. The van der Waals surface area contributed by atoms with Crippen molar-refractivity contribution < 1.29 is 4.74 Å². The zero-order chi connectivity index (χ0) is 13.7. The lowest BCUT2D eigenvalue weighted by Gasteiger charge is -2.24. The summed E-state index contributed by atoms with van der Waals surface area (Å²) < 4.78 is 6.05. The molecule has 0 saturated carbocycles. The van der Waals surface area contributed by atoms with Gasteiger partial charge in [0, 0.05) is 12.2 Å². The molecule has 0 amide bonds. The second kappa shape index (κ2) is 6.34. The summed E-state index contributed by atoms with van der Waals surface area (Å²) in [5, 5.41) is 0. The Morgan fingerprint density at radius 1 is 1.21 bits per heavy atom. The van der Waals surface area contributed by atoms with Gasteiger partial charge in [0.2, 0.25) is 0 Å². The predicted molar refractivity (Wildman–Crippen MR) is 77.1 cm³/mol. The quantitative estimate of drug-likeness (QED) is 0.893. The molecule has 0 aliphatic carbocycles. The highest BCUT2D eigenvalue weighted by molar-refractivity contribution is 5.28. The smallest absolute Gasteiger partial charge is 0.155 e. The molecule has 2 aromatic rings. The van der Waals surface area contributed by atoms with Crippen LogP contribution in [0.25, 0.3) is 0 Å². The van der Waals surface area contributed by atoms with E-state index in [4.69, 9.17) is 10.5 Å². The Bertz CT molecular complexity index is 513. The van der Waals surface area contributed by atoms with E-state index in [-0.39, 0.29) is 12.1 Å². The van der Waals surface area contributed by atoms with Crippen LogP contribution >= 0.6 is 0 Å². The largest absolute Gasteiger partial charge is 0.482 e. The Kier molecular flexibility index (Phi) is 4.53. The van der Waals surface area contributed by atoms with Crippen LogP contribution in [0.15, 0.2) is 48.7 Å². The summed E-state index contributed by atoms with van der Waals surface area (Å²) in [4.78, 5) is 4.36. The van der Waals surface area contributed by atoms with Crippen LogP contribution in [0.2, 0.25) is 0 Å². The van der Waals surface area contributed by atoms with Gasteiger partial charge in [-0.25, -0.2) is 0 Å². The van der Waals surface area contributed by atoms with Crippen LogP contribution in [0, 0.1) is 6.92 Å². The SMILES string of the molecule is CCC(N)C(Oc1cccc(C)c1)c1ccccn1. The number of hydrogen-bond donors (Lipinski definition) is 1. The minimum absolute atomic E-state index is 0.0737. The summed E-state index contributed by atoms with van der Waals surface area (Å²) in [6.45, 7) is 4.10. The monoisotopic (exact) mass is 256 g/mol. The number of ether oxygens (including phenoxy) is 1. The molecule has 2 rings (SSSR count). The van der Waals surface area contributed by atoms with Crippen molar-refractivity contribution in [3.05, 3.63) is 59.9 Å². The summed E-state index contributed by atoms with van der Waals surface area (Å²) in [6.07, 6.45) is 2.39. The van der Waals surface area contributed by atoms with Crippen LogP contribution in [0.1, 0.15) is 30.7 Å². The molecule has 0 fully saturated rings. The molecule has 1 aromatic heterocycles. The van der Waals surface area contributed by atoms with Gasteiger partial charge in [0.1, 0.15) is 5.75 Å². The number of hydrogen-bond acceptors (Lipinski definition) is 3. The number of benzene rings is 1. The number of nitrogens with two attached hydrogens (primary N) is 1. The fourth-order valence-corrected chi connectivity index (χ4v) is 1.96.